The number of aromatic nitrogens is 1. The van der Waals surface area contributed by atoms with Gasteiger partial charge in [-0.15, -0.1) is 0 Å². The fourth-order valence-electron chi connectivity index (χ4n) is 2.68. The molecule has 148 valence electrons. The van der Waals surface area contributed by atoms with Gasteiger partial charge in [-0.25, -0.2) is 0 Å². The number of rotatable bonds is 8. The molecule has 0 aliphatic heterocycles. The van der Waals surface area contributed by atoms with Gasteiger partial charge in [-0.1, -0.05) is 37.1 Å². The third-order valence-corrected chi connectivity index (χ3v) is 4.45. The molecule has 0 radical (unpaired) electrons. The molecule has 9 heteroatoms. The van der Waals surface area contributed by atoms with Crippen molar-refractivity contribution in [1.29, 1.82) is 0 Å². The number of nitro groups is 1. The van der Waals surface area contributed by atoms with Crippen LogP contribution in [0.25, 0.3) is 0 Å². The number of nitrogens with zero attached hydrogens (tertiary/aromatic N) is 3. The Bertz CT molecular complexity index is 957. The number of amides is 1. The van der Waals surface area contributed by atoms with Gasteiger partial charge in [0.25, 0.3) is 17.2 Å². The average Bonchev–Trinajstić information content (AvgIpc) is 2.68. The topological polar surface area (TPSA) is 103 Å². The number of Topliss-reactive ketones (excluding diaryl/α,β-unsaturated/α-hetero) is 1. The highest BCUT2D eigenvalue weighted by atomic mass is 35.5. The molecule has 0 bridgehead atoms. The number of hydrogen-bond acceptors (Lipinski definition) is 5. The highest BCUT2D eigenvalue weighted by Gasteiger charge is 2.33. The first kappa shape index (κ1) is 21.3. The first-order valence-electron chi connectivity index (χ1n) is 8.67. The minimum absolute atomic E-state index is 0.0386. The van der Waals surface area contributed by atoms with Crippen molar-refractivity contribution in [3.05, 3.63) is 73.6 Å². The number of likely N-dealkylation sites (N-methyl/N-ethyl adjacent to an activating group) is 1. The van der Waals surface area contributed by atoms with Crippen LogP contribution in [0.3, 0.4) is 0 Å². The van der Waals surface area contributed by atoms with E-state index in [2.05, 4.69) is 0 Å². The maximum atomic E-state index is 13.1. The molecule has 0 spiro atoms. The normalized spacial score (nSPS) is 11.7. The molecule has 1 atom stereocenters. The van der Waals surface area contributed by atoms with Gasteiger partial charge in [-0.2, -0.15) is 0 Å². The maximum Gasteiger partial charge on any atom is 0.270 e. The predicted molar refractivity (Wildman–Crippen MR) is 105 cm³/mol. The molecule has 0 fully saturated rings. The molecule has 1 heterocycles. The van der Waals surface area contributed by atoms with Crippen molar-refractivity contribution < 1.29 is 14.5 Å². The SMILES string of the molecule is CCCCN(C)C(=O)C(C(=O)c1cccc([N+](=O)[O-])c1)n1cc(Cl)ccc1=O. The lowest BCUT2D eigenvalue weighted by molar-refractivity contribution is -0.384. The molecule has 1 unspecified atom stereocenters. The summed E-state index contributed by atoms with van der Waals surface area (Å²) < 4.78 is 0.967. The molecule has 2 aromatic rings. The van der Waals surface area contributed by atoms with E-state index in [9.17, 15) is 24.5 Å². The summed E-state index contributed by atoms with van der Waals surface area (Å²) in [5, 5.41) is 11.2. The molecule has 1 amide bonds. The molecule has 0 N–H and O–H groups in total. The van der Waals surface area contributed by atoms with E-state index in [0.29, 0.717) is 6.54 Å². The average molecular weight is 406 g/mol. The third-order valence-electron chi connectivity index (χ3n) is 4.23. The Morgan fingerprint density at radius 1 is 1.29 bits per heavy atom. The zero-order chi connectivity index (χ0) is 20.8. The van der Waals surface area contributed by atoms with Gasteiger partial charge in [0, 0.05) is 43.6 Å². The van der Waals surface area contributed by atoms with Crippen LogP contribution in [0.15, 0.2) is 47.4 Å². The number of non-ortho nitro benzene ring substituents is 1. The number of pyridine rings is 1. The summed E-state index contributed by atoms with van der Waals surface area (Å²) in [6, 6.07) is 6.08. The summed E-state index contributed by atoms with van der Waals surface area (Å²) in [5.74, 6) is -1.31. The quantitative estimate of drug-likeness (QED) is 0.290. The molecule has 8 nitrogen and oxygen atoms in total. The van der Waals surface area contributed by atoms with E-state index in [1.54, 1.807) is 7.05 Å². The second kappa shape index (κ2) is 9.27. The van der Waals surface area contributed by atoms with Gasteiger partial charge in [-0.05, 0) is 12.5 Å². The molecule has 0 saturated carbocycles. The van der Waals surface area contributed by atoms with E-state index in [-0.39, 0.29) is 16.3 Å². The smallest absolute Gasteiger partial charge is 0.270 e. The summed E-state index contributed by atoms with van der Waals surface area (Å²) in [5.41, 5.74) is -0.899. The first-order valence-corrected chi connectivity index (χ1v) is 9.05. The molecule has 0 aliphatic carbocycles. The van der Waals surface area contributed by atoms with Gasteiger partial charge < -0.3 is 4.90 Å². The van der Waals surface area contributed by atoms with E-state index in [1.165, 1.54) is 35.4 Å². The first-order chi connectivity index (χ1) is 13.3. The number of hydrogen-bond donors (Lipinski definition) is 0. The number of carbonyl (C=O) groups excluding carboxylic acids is 2. The van der Waals surface area contributed by atoms with E-state index in [0.717, 1.165) is 29.5 Å². The summed E-state index contributed by atoms with van der Waals surface area (Å²) in [4.78, 5) is 50.2. The molecule has 0 aliphatic rings. The van der Waals surface area contributed by atoms with Gasteiger partial charge in [0.2, 0.25) is 0 Å². The van der Waals surface area contributed by atoms with Crippen molar-refractivity contribution in [2.75, 3.05) is 13.6 Å². The Kier molecular flexibility index (Phi) is 7.06. The number of carbonyl (C=O) groups is 2. The van der Waals surface area contributed by atoms with Crippen molar-refractivity contribution in [2.24, 2.45) is 0 Å². The Hall–Kier alpha value is -3.00. The molecular weight excluding hydrogens is 386 g/mol. The molecule has 1 aromatic carbocycles. The number of benzene rings is 1. The summed E-state index contributed by atoms with van der Waals surface area (Å²) in [7, 11) is 1.54. The zero-order valence-electron chi connectivity index (χ0n) is 15.5. The van der Waals surface area contributed by atoms with Crippen molar-refractivity contribution >= 4 is 29.0 Å². The lowest BCUT2D eigenvalue weighted by atomic mass is 10.0. The minimum Gasteiger partial charge on any atom is -0.344 e. The highest BCUT2D eigenvalue weighted by molar-refractivity contribution is 6.30. The van der Waals surface area contributed by atoms with Gasteiger partial charge >= 0.3 is 0 Å². The van der Waals surface area contributed by atoms with Crippen molar-refractivity contribution in [3.8, 4) is 0 Å². The van der Waals surface area contributed by atoms with E-state index in [1.807, 2.05) is 6.92 Å². The summed E-state index contributed by atoms with van der Waals surface area (Å²) in [6.45, 7) is 2.37. The van der Waals surface area contributed by atoms with Gasteiger partial charge in [0.15, 0.2) is 11.8 Å². The Balaban J connectivity index is 2.54. The lowest BCUT2D eigenvalue weighted by Gasteiger charge is -2.24. The zero-order valence-corrected chi connectivity index (χ0v) is 16.3. The number of unbranched alkanes of at least 4 members (excludes halogenated alkanes) is 1. The van der Waals surface area contributed by atoms with E-state index >= 15 is 0 Å². The van der Waals surface area contributed by atoms with Crippen LogP contribution in [0.2, 0.25) is 5.02 Å². The fraction of sp³-hybridized carbons (Fsp3) is 0.316. The van der Waals surface area contributed by atoms with Crippen LogP contribution >= 0.6 is 11.6 Å². The fourth-order valence-corrected chi connectivity index (χ4v) is 2.85. The van der Waals surface area contributed by atoms with Crippen LogP contribution in [0.4, 0.5) is 5.69 Å². The maximum absolute atomic E-state index is 13.1. The van der Waals surface area contributed by atoms with Crippen LogP contribution in [0.5, 0.6) is 0 Å². The molecule has 28 heavy (non-hydrogen) atoms. The second-order valence-electron chi connectivity index (χ2n) is 6.28. The highest BCUT2D eigenvalue weighted by Crippen LogP contribution is 2.21. The van der Waals surface area contributed by atoms with Crippen molar-refractivity contribution in [3.63, 3.8) is 0 Å². The molecule has 2 rings (SSSR count). The number of halogens is 1. The van der Waals surface area contributed by atoms with Gasteiger partial charge in [0.05, 0.1) is 9.95 Å². The van der Waals surface area contributed by atoms with Crippen molar-refractivity contribution in [2.45, 2.75) is 25.8 Å². The van der Waals surface area contributed by atoms with Crippen molar-refractivity contribution in [1.82, 2.24) is 9.47 Å². The van der Waals surface area contributed by atoms with Crippen LogP contribution in [0.1, 0.15) is 36.2 Å². The van der Waals surface area contributed by atoms with E-state index < -0.39 is 28.2 Å². The monoisotopic (exact) mass is 405 g/mol. The third kappa shape index (κ3) is 4.83. The standard InChI is InChI=1S/C19H20ClN3O5/c1-3-4-10-21(2)19(26)17(22-12-14(20)8-9-16(22)24)18(25)13-6-5-7-15(11-13)23(27)28/h5-9,11-12,17H,3-4,10H2,1-2H3. The van der Waals surface area contributed by atoms with Crippen LogP contribution in [-0.2, 0) is 4.79 Å². The van der Waals surface area contributed by atoms with E-state index in [4.69, 9.17) is 11.6 Å². The summed E-state index contributed by atoms with van der Waals surface area (Å²) >= 11 is 5.96. The predicted octanol–water partition coefficient (Wildman–Crippen LogP) is 3.09. The largest absolute Gasteiger partial charge is 0.344 e. The Labute approximate surface area is 166 Å². The van der Waals surface area contributed by atoms with Crippen LogP contribution in [-0.4, -0.2) is 39.7 Å². The number of ketones is 1. The lowest BCUT2D eigenvalue weighted by Crippen LogP contribution is -2.42. The molecule has 1 aromatic heterocycles. The van der Waals surface area contributed by atoms with Gasteiger partial charge in [-0.3, -0.25) is 29.1 Å². The Morgan fingerprint density at radius 3 is 2.64 bits per heavy atom. The molecule has 0 saturated heterocycles. The second-order valence-corrected chi connectivity index (χ2v) is 6.72. The minimum atomic E-state index is -1.50. The number of nitro benzene ring substituents is 1. The molecular formula is C19H20ClN3O5. The van der Waals surface area contributed by atoms with Gasteiger partial charge in [0.1, 0.15) is 0 Å². The van der Waals surface area contributed by atoms with Crippen LogP contribution in [0, 0.1) is 10.1 Å². The Morgan fingerprint density at radius 2 is 2.00 bits per heavy atom. The summed E-state index contributed by atoms with van der Waals surface area (Å²) in [6.07, 6.45) is 2.79. The van der Waals surface area contributed by atoms with Crippen LogP contribution < -0.4 is 5.56 Å².